The van der Waals surface area contributed by atoms with Crippen molar-refractivity contribution in [1.82, 2.24) is 4.98 Å². The van der Waals surface area contributed by atoms with E-state index in [1.807, 2.05) is 0 Å². The second-order valence-corrected chi connectivity index (χ2v) is 1.27. The van der Waals surface area contributed by atoms with Crippen LogP contribution < -0.4 is 4.57 Å². The molecule has 1 aromatic rings. The summed E-state index contributed by atoms with van der Waals surface area (Å²) in [4.78, 5) is 2.78. The third-order valence-electron chi connectivity index (χ3n) is 0.766. The summed E-state index contributed by atoms with van der Waals surface area (Å²) in [5.41, 5.74) is 0. The van der Waals surface area contributed by atoms with Crippen LogP contribution in [-0.2, 0) is 6.73 Å². The van der Waals surface area contributed by atoms with Gasteiger partial charge >= 0.3 is 0 Å². The highest BCUT2D eigenvalue weighted by Gasteiger charge is 1.86. The molecule has 0 aliphatic heterocycles. The molecule has 1 heterocycles. The molecule has 0 radical (unpaired) electrons. The standard InChI is InChI=1S/C4H6N2O/c7-4-6-2-1-5-3-6/h1-3,7H,4H2/p+1. The van der Waals surface area contributed by atoms with Gasteiger partial charge in [-0.3, -0.25) is 4.98 Å². The Bertz CT molecular complexity index is 124. The Morgan fingerprint density at radius 2 is 2.57 bits per heavy atom. The molecule has 0 unspecified atom stereocenters. The fourth-order valence-electron chi connectivity index (χ4n) is 0.409. The number of aromatic amines is 1. The lowest BCUT2D eigenvalue weighted by Gasteiger charge is -1.78. The number of nitrogens with one attached hydrogen (secondary N) is 1. The monoisotopic (exact) mass is 99.1 g/mol. The van der Waals surface area contributed by atoms with Gasteiger partial charge in [0.1, 0.15) is 12.4 Å². The highest BCUT2D eigenvalue weighted by atomic mass is 16.3. The lowest BCUT2D eigenvalue weighted by atomic mass is 10.9. The zero-order chi connectivity index (χ0) is 5.11. The second kappa shape index (κ2) is 1.75. The van der Waals surface area contributed by atoms with E-state index in [4.69, 9.17) is 5.11 Å². The Kier molecular flexibility index (Phi) is 1.08. The summed E-state index contributed by atoms with van der Waals surface area (Å²) in [6, 6.07) is 0. The van der Waals surface area contributed by atoms with Crippen LogP contribution in [0.5, 0.6) is 0 Å². The first-order chi connectivity index (χ1) is 3.43. The van der Waals surface area contributed by atoms with Gasteiger partial charge in [0.15, 0.2) is 6.73 Å². The molecule has 0 amide bonds. The van der Waals surface area contributed by atoms with Crippen LogP contribution in [0.25, 0.3) is 0 Å². The van der Waals surface area contributed by atoms with Gasteiger partial charge in [-0.1, -0.05) is 0 Å². The van der Waals surface area contributed by atoms with Crippen molar-refractivity contribution in [2.24, 2.45) is 0 Å². The van der Waals surface area contributed by atoms with Crippen molar-refractivity contribution in [3.05, 3.63) is 18.7 Å². The zero-order valence-electron chi connectivity index (χ0n) is 3.83. The average Bonchev–Trinajstić information content (AvgIpc) is 2.14. The Balaban J connectivity index is 2.76. The van der Waals surface area contributed by atoms with E-state index in [-0.39, 0.29) is 6.73 Å². The van der Waals surface area contributed by atoms with Crippen LogP contribution in [0.3, 0.4) is 0 Å². The highest BCUT2D eigenvalue weighted by molar-refractivity contribution is 4.54. The van der Waals surface area contributed by atoms with E-state index in [2.05, 4.69) is 4.98 Å². The van der Waals surface area contributed by atoms with Crippen molar-refractivity contribution >= 4 is 0 Å². The van der Waals surface area contributed by atoms with Crippen molar-refractivity contribution < 1.29 is 9.67 Å². The van der Waals surface area contributed by atoms with Gasteiger partial charge in [-0.15, -0.1) is 0 Å². The number of nitrogens with zero attached hydrogens (tertiary/aromatic N) is 1. The first-order valence-electron chi connectivity index (χ1n) is 2.06. The fourth-order valence-corrected chi connectivity index (χ4v) is 0.409. The molecule has 7 heavy (non-hydrogen) atoms. The van der Waals surface area contributed by atoms with Crippen LogP contribution in [-0.4, -0.2) is 10.1 Å². The number of aromatic nitrogens is 2. The molecule has 0 fully saturated rings. The first-order valence-corrected chi connectivity index (χ1v) is 2.06. The predicted molar refractivity (Wildman–Crippen MR) is 23.2 cm³/mol. The summed E-state index contributed by atoms with van der Waals surface area (Å²) >= 11 is 0. The molecule has 0 saturated heterocycles. The van der Waals surface area contributed by atoms with Gasteiger partial charge in [-0.25, -0.2) is 4.57 Å². The molecular formula is C4H7N2O+. The minimum atomic E-state index is 0.0451. The van der Waals surface area contributed by atoms with Gasteiger partial charge in [0.05, 0.1) is 0 Å². The largest absolute Gasteiger partial charge is 0.358 e. The molecule has 3 nitrogen and oxygen atoms in total. The van der Waals surface area contributed by atoms with E-state index >= 15 is 0 Å². The molecular weight excluding hydrogens is 92.1 g/mol. The molecule has 0 aliphatic carbocycles. The first kappa shape index (κ1) is 4.33. The SMILES string of the molecule is OC[n+]1cc[nH]c1. The Hall–Kier alpha value is -0.830. The van der Waals surface area contributed by atoms with E-state index in [1.54, 1.807) is 23.3 Å². The summed E-state index contributed by atoms with van der Waals surface area (Å²) in [5, 5.41) is 8.37. The van der Waals surface area contributed by atoms with Crippen LogP contribution in [0.4, 0.5) is 0 Å². The van der Waals surface area contributed by atoms with Crippen LogP contribution in [0.1, 0.15) is 0 Å². The van der Waals surface area contributed by atoms with Gasteiger partial charge in [0.2, 0.25) is 6.33 Å². The lowest BCUT2D eigenvalue weighted by Crippen LogP contribution is -2.29. The number of hydrogen-bond acceptors (Lipinski definition) is 1. The summed E-state index contributed by atoms with van der Waals surface area (Å²) in [6.07, 6.45) is 5.18. The summed E-state index contributed by atoms with van der Waals surface area (Å²) in [7, 11) is 0. The molecule has 2 N–H and O–H groups in total. The number of aliphatic hydroxyl groups excluding tert-OH is 1. The van der Waals surface area contributed by atoms with E-state index in [9.17, 15) is 0 Å². The maximum atomic E-state index is 8.37. The van der Waals surface area contributed by atoms with Gasteiger partial charge in [0.25, 0.3) is 0 Å². The van der Waals surface area contributed by atoms with E-state index in [0.717, 1.165) is 0 Å². The molecule has 38 valence electrons. The molecule has 0 aromatic carbocycles. The fraction of sp³-hybridized carbons (Fsp3) is 0.250. The van der Waals surface area contributed by atoms with Crippen LogP contribution in [0.15, 0.2) is 18.7 Å². The van der Waals surface area contributed by atoms with E-state index in [1.165, 1.54) is 0 Å². The molecule has 3 heteroatoms. The third kappa shape index (κ3) is 0.778. The summed E-state index contributed by atoms with van der Waals surface area (Å²) in [6.45, 7) is 0.0451. The minimum absolute atomic E-state index is 0.0451. The van der Waals surface area contributed by atoms with Crippen LogP contribution >= 0.6 is 0 Å². The molecule has 0 aliphatic rings. The number of rotatable bonds is 1. The van der Waals surface area contributed by atoms with Gasteiger partial charge in [0, 0.05) is 0 Å². The van der Waals surface area contributed by atoms with Crippen LogP contribution in [0, 0.1) is 0 Å². The number of H-pyrrole nitrogens is 1. The molecule has 0 saturated carbocycles. The quantitative estimate of drug-likeness (QED) is 0.447. The predicted octanol–water partition coefficient (Wildman–Crippen LogP) is -0.748. The summed E-state index contributed by atoms with van der Waals surface area (Å²) < 4.78 is 1.62. The number of hydrogen-bond donors (Lipinski definition) is 2. The van der Waals surface area contributed by atoms with E-state index < -0.39 is 0 Å². The Labute approximate surface area is 41.2 Å². The van der Waals surface area contributed by atoms with Crippen molar-refractivity contribution in [1.29, 1.82) is 0 Å². The van der Waals surface area contributed by atoms with E-state index in [0.29, 0.717) is 0 Å². The maximum absolute atomic E-state index is 8.37. The smallest absolute Gasteiger partial charge is 0.243 e. The highest BCUT2D eigenvalue weighted by Crippen LogP contribution is 1.63. The van der Waals surface area contributed by atoms with Crippen molar-refractivity contribution in [3.8, 4) is 0 Å². The zero-order valence-corrected chi connectivity index (χ0v) is 3.83. The molecule has 0 bridgehead atoms. The molecule has 1 aromatic heterocycles. The van der Waals surface area contributed by atoms with Gasteiger partial charge in [-0.2, -0.15) is 0 Å². The average molecular weight is 99.1 g/mol. The second-order valence-electron chi connectivity index (χ2n) is 1.27. The number of imidazole rings is 1. The molecule has 1 rings (SSSR count). The lowest BCUT2D eigenvalue weighted by molar-refractivity contribution is -0.728. The molecule has 0 atom stereocenters. The van der Waals surface area contributed by atoms with Gasteiger partial charge < -0.3 is 5.11 Å². The minimum Gasteiger partial charge on any atom is -0.358 e. The third-order valence-corrected chi connectivity index (χ3v) is 0.766. The Morgan fingerprint density at radius 3 is 2.86 bits per heavy atom. The Morgan fingerprint density at radius 1 is 1.71 bits per heavy atom. The maximum Gasteiger partial charge on any atom is 0.243 e. The normalized spacial score (nSPS) is 9.29. The molecule has 0 spiro atoms. The van der Waals surface area contributed by atoms with Crippen molar-refractivity contribution in [2.75, 3.05) is 0 Å². The van der Waals surface area contributed by atoms with Crippen molar-refractivity contribution in [2.45, 2.75) is 6.73 Å². The van der Waals surface area contributed by atoms with Gasteiger partial charge in [-0.05, 0) is 0 Å². The van der Waals surface area contributed by atoms with Crippen molar-refractivity contribution in [3.63, 3.8) is 0 Å². The number of aliphatic hydroxyl groups is 1. The topological polar surface area (TPSA) is 39.9 Å². The summed E-state index contributed by atoms with van der Waals surface area (Å²) in [5.74, 6) is 0. The van der Waals surface area contributed by atoms with Crippen LogP contribution in [0.2, 0.25) is 0 Å².